The smallest absolute Gasteiger partial charge is 0.0101 e. The minimum Gasteiger partial charge on any atom is -0.313 e. The Morgan fingerprint density at radius 3 is 2.79 bits per heavy atom. The van der Waals surface area contributed by atoms with E-state index in [2.05, 4.69) is 43.0 Å². The van der Waals surface area contributed by atoms with Crippen LogP contribution < -0.4 is 5.32 Å². The quantitative estimate of drug-likeness (QED) is 0.729. The van der Waals surface area contributed by atoms with Crippen LogP contribution in [0, 0.1) is 0 Å². The maximum absolute atomic E-state index is 3.65. The molecule has 1 aliphatic carbocycles. The first-order chi connectivity index (χ1) is 6.72. The van der Waals surface area contributed by atoms with Gasteiger partial charge in [-0.1, -0.05) is 6.92 Å². The van der Waals surface area contributed by atoms with Gasteiger partial charge in [0.15, 0.2) is 0 Å². The third kappa shape index (κ3) is 4.67. The van der Waals surface area contributed by atoms with Crippen LogP contribution in [0.3, 0.4) is 0 Å². The fourth-order valence-corrected chi connectivity index (χ4v) is 3.15. The van der Waals surface area contributed by atoms with E-state index >= 15 is 0 Å². The van der Waals surface area contributed by atoms with Crippen LogP contribution in [0.15, 0.2) is 0 Å². The first kappa shape index (κ1) is 12.3. The van der Waals surface area contributed by atoms with E-state index in [0.717, 1.165) is 24.4 Å². The minimum absolute atomic E-state index is 0.791. The molecule has 0 bridgehead atoms. The molecule has 2 nitrogen and oxygen atoms in total. The zero-order valence-electron chi connectivity index (χ0n) is 9.75. The van der Waals surface area contributed by atoms with Gasteiger partial charge >= 0.3 is 0 Å². The van der Waals surface area contributed by atoms with Gasteiger partial charge in [0.05, 0.1) is 0 Å². The molecule has 0 aromatic rings. The summed E-state index contributed by atoms with van der Waals surface area (Å²) in [6, 6.07) is 0.791. The molecule has 0 aromatic heterocycles. The highest BCUT2D eigenvalue weighted by Gasteiger charge is 2.23. The Morgan fingerprint density at radius 2 is 2.14 bits per heavy atom. The van der Waals surface area contributed by atoms with Crippen molar-refractivity contribution in [2.24, 2.45) is 0 Å². The van der Waals surface area contributed by atoms with E-state index in [1.54, 1.807) is 0 Å². The fraction of sp³-hybridized carbons (Fsp3) is 1.00. The molecule has 0 spiro atoms. The maximum atomic E-state index is 3.65. The molecule has 3 heteroatoms. The fourth-order valence-electron chi connectivity index (χ4n) is 2.00. The van der Waals surface area contributed by atoms with Gasteiger partial charge in [-0.2, -0.15) is 11.8 Å². The number of thioether (sulfide) groups is 1. The second-order valence-corrected chi connectivity index (χ2v) is 5.92. The van der Waals surface area contributed by atoms with Crippen molar-refractivity contribution < 1.29 is 0 Å². The molecule has 1 rings (SSSR count). The summed E-state index contributed by atoms with van der Waals surface area (Å²) in [4.78, 5) is 2.24. The van der Waals surface area contributed by atoms with Gasteiger partial charge in [-0.3, -0.25) is 0 Å². The van der Waals surface area contributed by atoms with Gasteiger partial charge < -0.3 is 10.2 Å². The SMILES string of the molecule is CCSC1CCC(NCCN(C)C)C1. The standard InChI is InChI=1S/C11H24N2S/c1-4-14-11-6-5-10(9-11)12-7-8-13(2)3/h10-12H,4-9H2,1-3H3. The van der Waals surface area contributed by atoms with Crippen molar-refractivity contribution >= 4 is 11.8 Å². The number of hydrogen-bond acceptors (Lipinski definition) is 3. The molecule has 2 unspecified atom stereocenters. The summed E-state index contributed by atoms with van der Waals surface area (Å²) in [6.45, 7) is 4.56. The monoisotopic (exact) mass is 216 g/mol. The van der Waals surface area contributed by atoms with Crippen LogP contribution >= 0.6 is 11.8 Å². The van der Waals surface area contributed by atoms with Crippen LogP contribution in [-0.2, 0) is 0 Å². The Labute approximate surface area is 92.8 Å². The highest BCUT2D eigenvalue weighted by atomic mass is 32.2. The van der Waals surface area contributed by atoms with Crippen LogP contribution in [0.4, 0.5) is 0 Å². The molecular weight excluding hydrogens is 192 g/mol. The molecule has 0 saturated heterocycles. The Kier molecular flexibility index (Phi) is 5.90. The molecule has 14 heavy (non-hydrogen) atoms. The molecule has 2 atom stereocenters. The number of likely N-dealkylation sites (N-methyl/N-ethyl adjacent to an activating group) is 1. The van der Waals surface area contributed by atoms with Crippen LogP contribution in [0.25, 0.3) is 0 Å². The van der Waals surface area contributed by atoms with Gasteiger partial charge in [0, 0.05) is 24.4 Å². The third-order valence-electron chi connectivity index (χ3n) is 2.78. The third-order valence-corrected chi connectivity index (χ3v) is 4.01. The van der Waals surface area contributed by atoms with E-state index < -0.39 is 0 Å². The Morgan fingerprint density at radius 1 is 1.36 bits per heavy atom. The minimum atomic E-state index is 0.791. The number of rotatable bonds is 6. The van der Waals surface area contributed by atoms with Crippen molar-refractivity contribution in [3.63, 3.8) is 0 Å². The van der Waals surface area contributed by atoms with Crippen LogP contribution in [0.1, 0.15) is 26.2 Å². The molecule has 1 aliphatic rings. The summed E-state index contributed by atoms with van der Waals surface area (Å²) in [5.74, 6) is 1.27. The predicted octanol–water partition coefficient (Wildman–Crippen LogP) is 1.81. The summed E-state index contributed by atoms with van der Waals surface area (Å²) in [5, 5.41) is 4.57. The molecule has 0 radical (unpaired) electrons. The molecule has 0 aliphatic heterocycles. The Hall–Kier alpha value is 0.270. The summed E-state index contributed by atoms with van der Waals surface area (Å²) in [6.07, 6.45) is 4.18. The number of nitrogens with one attached hydrogen (secondary N) is 1. The van der Waals surface area contributed by atoms with E-state index in [1.165, 1.54) is 25.0 Å². The summed E-state index contributed by atoms with van der Waals surface area (Å²) in [5.41, 5.74) is 0. The van der Waals surface area contributed by atoms with Gasteiger partial charge in [-0.05, 0) is 39.1 Å². The molecule has 0 aromatic carbocycles. The van der Waals surface area contributed by atoms with Gasteiger partial charge in [0.1, 0.15) is 0 Å². The van der Waals surface area contributed by atoms with E-state index in [0.29, 0.717) is 0 Å². The van der Waals surface area contributed by atoms with Crippen LogP contribution in [-0.4, -0.2) is 49.1 Å². The van der Waals surface area contributed by atoms with E-state index in [1.807, 2.05) is 0 Å². The summed E-state index contributed by atoms with van der Waals surface area (Å²) < 4.78 is 0. The number of hydrogen-bond donors (Lipinski definition) is 1. The first-order valence-electron chi connectivity index (χ1n) is 5.72. The number of nitrogens with zero attached hydrogens (tertiary/aromatic N) is 1. The van der Waals surface area contributed by atoms with Crippen molar-refractivity contribution in [2.45, 2.75) is 37.5 Å². The van der Waals surface area contributed by atoms with Crippen molar-refractivity contribution in [1.82, 2.24) is 10.2 Å². The summed E-state index contributed by atoms with van der Waals surface area (Å²) >= 11 is 2.13. The van der Waals surface area contributed by atoms with Crippen molar-refractivity contribution in [3.05, 3.63) is 0 Å². The topological polar surface area (TPSA) is 15.3 Å². The predicted molar refractivity (Wildman–Crippen MR) is 66.1 cm³/mol. The van der Waals surface area contributed by atoms with Crippen molar-refractivity contribution in [3.8, 4) is 0 Å². The molecule has 0 amide bonds. The average molecular weight is 216 g/mol. The lowest BCUT2D eigenvalue weighted by atomic mass is 10.2. The van der Waals surface area contributed by atoms with Gasteiger partial charge in [-0.25, -0.2) is 0 Å². The molecule has 1 N–H and O–H groups in total. The van der Waals surface area contributed by atoms with Gasteiger partial charge in [0.2, 0.25) is 0 Å². The highest BCUT2D eigenvalue weighted by Crippen LogP contribution is 2.29. The highest BCUT2D eigenvalue weighted by molar-refractivity contribution is 7.99. The summed E-state index contributed by atoms with van der Waals surface area (Å²) in [7, 11) is 4.26. The molecule has 0 heterocycles. The Bertz CT molecular complexity index is 150. The zero-order chi connectivity index (χ0) is 10.4. The van der Waals surface area contributed by atoms with Crippen LogP contribution in [0.5, 0.6) is 0 Å². The molecule has 84 valence electrons. The average Bonchev–Trinajstić information content (AvgIpc) is 2.53. The van der Waals surface area contributed by atoms with Gasteiger partial charge in [0.25, 0.3) is 0 Å². The lowest BCUT2D eigenvalue weighted by Crippen LogP contribution is -2.33. The second-order valence-electron chi connectivity index (χ2n) is 4.34. The molecular formula is C11H24N2S. The zero-order valence-corrected chi connectivity index (χ0v) is 10.6. The maximum Gasteiger partial charge on any atom is 0.0101 e. The van der Waals surface area contributed by atoms with E-state index in [9.17, 15) is 0 Å². The van der Waals surface area contributed by atoms with Crippen molar-refractivity contribution in [1.29, 1.82) is 0 Å². The molecule has 1 fully saturated rings. The second kappa shape index (κ2) is 6.70. The van der Waals surface area contributed by atoms with Gasteiger partial charge in [-0.15, -0.1) is 0 Å². The molecule has 1 saturated carbocycles. The first-order valence-corrected chi connectivity index (χ1v) is 6.77. The largest absolute Gasteiger partial charge is 0.313 e. The lowest BCUT2D eigenvalue weighted by molar-refractivity contribution is 0.384. The van der Waals surface area contributed by atoms with E-state index in [-0.39, 0.29) is 0 Å². The van der Waals surface area contributed by atoms with Crippen LogP contribution in [0.2, 0.25) is 0 Å². The van der Waals surface area contributed by atoms with E-state index in [4.69, 9.17) is 0 Å². The van der Waals surface area contributed by atoms with Crippen molar-refractivity contribution in [2.75, 3.05) is 32.9 Å². The Balaban J connectivity index is 2.04. The lowest BCUT2D eigenvalue weighted by Gasteiger charge is -2.15. The normalized spacial score (nSPS) is 27.4.